The van der Waals surface area contributed by atoms with Gasteiger partial charge in [0.25, 0.3) is 0 Å². The van der Waals surface area contributed by atoms with Crippen molar-refractivity contribution in [1.82, 2.24) is 15.5 Å². The summed E-state index contributed by atoms with van der Waals surface area (Å²) in [7, 11) is 0. The van der Waals surface area contributed by atoms with Crippen LogP contribution in [-0.4, -0.2) is 52.8 Å². The number of nitrogens with two attached hydrogens (primary N) is 1. The topological polar surface area (TPSA) is 149 Å². The molecule has 9 heteroatoms. The van der Waals surface area contributed by atoms with Gasteiger partial charge in [-0.3, -0.25) is 25.1 Å². The summed E-state index contributed by atoms with van der Waals surface area (Å²) in [6.07, 6.45) is 0.543. The van der Waals surface area contributed by atoms with E-state index in [2.05, 4.69) is 10.6 Å². The SMILES string of the molecule is N=C(N)c1ccc(CNC(=O)[C@@H]2CCN2C(=O)[C@H](NCC(=O)O)c2ccccc2)cc1. The van der Waals surface area contributed by atoms with Gasteiger partial charge in [-0.25, -0.2) is 0 Å². The van der Waals surface area contributed by atoms with Gasteiger partial charge in [0.1, 0.15) is 17.9 Å². The van der Waals surface area contributed by atoms with E-state index in [0.29, 0.717) is 24.1 Å². The van der Waals surface area contributed by atoms with Crippen molar-refractivity contribution in [3.63, 3.8) is 0 Å². The van der Waals surface area contributed by atoms with Gasteiger partial charge < -0.3 is 21.1 Å². The molecule has 6 N–H and O–H groups in total. The number of amidine groups is 1. The molecule has 31 heavy (non-hydrogen) atoms. The van der Waals surface area contributed by atoms with Gasteiger partial charge in [0.05, 0.1) is 6.54 Å². The van der Waals surface area contributed by atoms with Crippen molar-refractivity contribution in [2.45, 2.75) is 25.0 Å². The molecular weight excluding hydrogens is 398 g/mol. The molecule has 0 aliphatic carbocycles. The Bertz CT molecular complexity index is 962. The van der Waals surface area contributed by atoms with Crippen LogP contribution in [0.4, 0.5) is 0 Å². The number of nitrogens with zero attached hydrogens (tertiary/aromatic N) is 1. The van der Waals surface area contributed by atoms with E-state index in [-0.39, 0.29) is 30.7 Å². The number of nitrogen functional groups attached to an aromatic ring is 1. The smallest absolute Gasteiger partial charge is 0.317 e. The van der Waals surface area contributed by atoms with E-state index in [1.165, 1.54) is 4.90 Å². The average Bonchev–Trinajstić information content (AvgIpc) is 2.72. The number of benzene rings is 2. The molecule has 1 aliphatic rings. The van der Waals surface area contributed by atoms with Crippen molar-refractivity contribution in [1.29, 1.82) is 5.41 Å². The van der Waals surface area contributed by atoms with Gasteiger partial charge in [0.15, 0.2) is 0 Å². The molecule has 162 valence electrons. The number of hydrogen-bond donors (Lipinski definition) is 5. The van der Waals surface area contributed by atoms with Gasteiger partial charge in [-0.15, -0.1) is 0 Å². The number of carboxylic acid groups (broad SMARTS) is 1. The lowest BCUT2D eigenvalue weighted by atomic mass is 9.97. The summed E-state index contributed by atoms with van der Waals surface area (Å²) in [6, 6.07) is 14.4. The van der Waals surface area contributed by atoms with E-state index in [0.717, 1.165) is 5.56 Å². The zero-order valence-corrected chi connectivity index (χ0v) is 16.9. The first-order chi connectivity index (χ1) is 14.9. The first kappa shape index (κ1) is 22.0. The molecule has 2 aromatic rings. The molecule has 2 aromatic carbocycles. The standard InChI is InChI=1S/C22H25N5O4/c23-20(24)16-8-6-14(7-9-16)12-26-21(30)17-10-11-27(17)22(31)19(25-13-18(28)29)15-4-2-1-3-5-15/h1-9,17,19,25H,10-13H2,(H3,23,24)(H,26,30)(H,28,29)/t17-,19+/m0/s1. The summed E-state index contributed by atoms with van der Waals surface area (Å²) in [5, 5.41) is 22.0. The van der Waals surface area contributed by atoms with Crippen molar-refractivity contribution in [2.24, 2.45) is 5.73 Å². The van der Waals surface area contributed by atoms with Gasteiger partial charge in [-0.05, 0) is 17.5 Å². The number of carboxylic acids is 1. The summed E-state index contributed by atoms with van der Waals surface area (Å²) < 4.78 is 0. The third-order valence-corrected chi connectivity index (χ3v) is 5.17. The van der Waals surface area contributed by atoms with E-state index < -0.39 is 18.1 Å². The maximum absolute atomic E-state index is 13.1. The van der Waals surface area contributed by atoms with Crippen LogP contribution in [0.3, 0.4) is 0 Å². The molecule has 0 aromatic heterocycles. The number of amides is 2. The number of aliphatic carboxylic acids is 1. The predicted molar refractivity (Wildman–Crippen MR) is 114 cm³/mol. The summed E-state index contributed by atoms with van der Waals surface area (Å²) in [6.45, 7) is 0.351. The second-order valence-corrected chi connectivity index (χ2v) is 7.28. The van der Waals surface area contributed by atoms with Gasteiger partial charge >= 0.3 is 5.97 Å². The van der Waals surface area contributed by atoms with E-state index in [1.807, 2.05) is 6.07 Å². The minimum Gasteiger partial charge on any atom is -0.480 e. The average molecular weight is 423 g/mol. The van der Waals surface area contributed by atoms with Crippen LogP contribution in [0.2, 0.25) is 0 Å². The first-order valence-electron chi connectivity index (χ1n) is 9.88. The van der Waals surface area contributed by atoms with Crippen LogP contribution in [0.15, 0.2) is 54.6 Å². The second-order valence-electron chi connectivity index (χ2n) is 7.28. The molecule has 0 spiro atoms. The number of carbonyl (C=O) groups excluding carboxylic acids is 2. The lowest BCUT2D eigenvalue weighted by Gasteiger charge is -2.41. The molecule has 3 rings (SSSR count). The molecule has 1 fully saturated rings. The molecule has 0 radical (unpaired) electrons. The molecule has 0 unspecified atom stereocenters. The number of carbonyl (C=O) groups is 3. The lowest BCUT2D eigenvalue weighted by molar-refractivity contribution is -0.149. The first-order valence-corrected chi connectivity index (χ1v) is 9.88. The Kier molecular flexibility index (Phi) is 6.99. The summed E-state index contributed by atoms with van der Waals surface area (Å²) in [5.74, 6) is -1.68. The highest BCUT2D eigenvalue weighted by atomic mass is 16.4. The maximum atomic E-state index is 13.1. The lowest BCUT2D eigenvalue weighted by Crippen LogP contribution is -2.60. The van der Waals surface area contributed by atoms with Crippen LogP contribution in [0.25, 0.3) is 0 Å². The zero-order chi connectivity index (χ0) is 22.4. The van der Waals surface area contributed by atoms with Gasteiger partial charge in [0, 0.05) is 18.7 Å². The fraction of sp³-hybridized carbons (Fsp3) is 0.273. The fourth-order valence-electron chi connectivity index (χ4n) is 3.38. The summed E-state index contributed by atoms with van der Waals surface area (Å²) in [4.78, 5) is 38.2. The molecule has 9 nitrogen and oxygen atoms in total. The minimum absolute atomic E-state index is 0.0244. The van der Waals surface area contributed by atoms with Gasteiger partial charge in [-0.2, -0.15) is 0 Å². The molecule has 1 heterocycles. The highest BCUT2D eigenvalue weighted by Gasteiger charge is 2.40. The summed E-state index contributed by atoms with van der Waals surface area (Å²) in [5.41, 5.74) is 7.53. The monoisotopic (exact) mass is 423 g/mol. The predicted octanol–water partition coefficient (Wildman–Crippen LogP) is 0.603. The molecule has 2 atom stereocenters. The Morgan fingerprint density at radius 3 is 2.35 bits per heavy atom. The van der Waals surface area contributed by atoms with Crippen LogP contribution in [0, 0.1) is 5.41 Å². The van der Waals surface area contributed by atoms with Crippen molar-refractivity contribution in [2.75, 3.05) is 13.1 Å². The van der Waals surface area contributed by atoms with Crippen molar-refractivity contribution in [3.05, 3.63) is 71.3 Å². The maximum Gasteiger partial charge on any atom is 0.317 e. The third-order valence-electron chi connectivity index (χ3n) is 5.17. The zero-order valence-electron chi connectivity index (χ0n) is 16.9. The van der Waals surface area contributed by atoms with Crippen molar-refractivity contribution in [3.8, 4) is 0 Å². The van der Waals surface area contributed by atoms with Gasteiger partial charge in [-0.1, -0.05) is 54.6 Å². The Morgan fingerprint density at radius 2 is 1.81 bits per heavy atom. The van der Waals surface area contributed by atoms with Crippen LogP contribution >= 0.6 is 0 Å². The third kappa shape index (κ3) is 5.46. The molecule has 1 saturated heterocycles. The highest BCUT2D eigenvalue weighted by Crippen LogP contribution is 2.24. The Balaban J connectivity index is 1.62. The van der Waals surface area contributed by atoms with E-state index in [1.54, 1.807) is 48.5 Å². The van der Waals surface area contributed by atoms with E-state index in [4.69, 9.17) is 16.2 Å². The Hall–Kier alpha value is -3.72. The summed E-state index contributed by atoms with van der Waals surface area (Å²) >= 11 is 0. The van der Waals surface area contributed by atoms with E-state index >= 15 is 0 Å². The van der Waals surface area contributed by atoms with E-state index in [9.17, 15) is 14.4 Å². The molecule has 2 amide bonds. The van der Waals surface area contributed by atoms with Crippen molar-refractivity contribution >= 4 is 23.6 Å². The number of hydrogen-bond acceptors (Lipinski definition) is 5. The highest BCUT2D eigenvalue weighted by molar-refractivity contribution is 5.95. The Labute approximate surface area is 179 Å². The largest absolute Gasteiger partial charge is 0.480 e. The molecule has 0 bridgehead atoms. The molecular formula is C22H25N5O4. The number of nitrogens with one attached hydrogen (secondary N) is 3. The number of rotatable bonds is 9. The second kappa shape index (κ2) is 9.86. The van der Waals surface area contributed by atoms with Crippen LogP contribution < -0.4 is 16.4 Å². The normalized spacial score (nSPS) is 16.1. The van der Waals surface area contributed by atoms with Crippen molar-refractivity contribution < 1.29 is 19.5 Å². The quantitative estimate of drug-likeness (QED) is 0.295. The Morgan fingerprint density at radius 1 is 1.13 bits per heavy atom. The van der Waals surface area contributed by atoms with Gasteiger partial charge in [0.2, 0.25) is 11.8 Å². The van der Waals surface area contributed by atoms with Crippen LogP contribution in [0.1, 0.15) is 29.2 Å². The fourth-order valence-corrected chi connectivity index (χ4v) is 3.38. The minimum atomic E-state index is -1.07. The van der Waals surface area contributed by atoms with Crippen LogP contribution in [-0.2, 0) is 20.9 Å². The van der Waals surface area contributed by atoms with Crippen LogP contribution in [0.5, 0.6) is 0 Å². The molecule has 0 saturated carbocycles. The molecule has 1 aliphatic heterocycles. The number of likely N-dealkylation sites (tertiary alicyclic amines) is 1.